The number of carbonyl (C=O) groups excluding carboxylic acids is 2. The Bertz CT molecular complexity index is 864. The van der Waals surface area contributed by atoms with Crippen LogP contribution >= 0.6 is 0 Å². The number of rotatable bonds is 8. The number of likely N-dealkylation sites (tertiary alicyclic amines) is 2. The Balaban J connectivity index is 1.46. The van der Waals surface area contributed by atoms with E-state index in [0.717, 1.165) is 51.0 Å². The summed E-state index contributed by atoms with van der Waals surface area (Å²) in [6.07, 6.45) is 5.54. The van der Waals surface area contributed by atoms with E-state index in [9.17, 15) is 14.7 Å². The van der Waals surface area contributed by atoms with Crippen LogP contribution in [0.3, 0.4) is 0 Å². The Kier molecular flexibility index (Phi) is 7.59. The van der Waals surface area contributed by atoms with Crippen molar-refractivity contribution in [1.29, 1.82) is 0 Å². The summed E-state index contributed by atoms with van der Waals surface area (Å²) in [5.74, 6) is 0.0609. The number of piperidine rings is 1. The van der Waals surface area contributed by atoms with Gasteiger partial charge in [-0.2, -0.15) is 0 Å². The molecule has 4 atom stereocenters. The van der Waals surface area contributed by atoms with Crippen LogP contribution < -0.4 is 5.32 Å². The minimum atomic E-state index is -0.720. The largest absolute Gasteiger partial charge is 0.391 e. The van der Waals surface area contributed by atoms with E-state index in [2.05, 4.69) is 20.5 Å². The maximum absolute atomic E-state index is 13.8. The van der Waals surface area contributed by atoms with Crippen molar-refractivity contribution >= 4 is 11.8 Å². The van der Waals surface area contributed by atoms with E-state index in [0.29, 0.717) is 12.5 Å². The fourth-order valence-electron chi connectivity index (χ4n) is 5.22. The van der Waals surface area contributed by atoms with Crippen molar-refractivity contribution in [2.75, 3.05) is 39.9 Å². The first-order valence-electron chi connectivity index (χ1n) is 12.6. The number of amides is 2. The second-order valence-corrected chi connectivity index (χ2v) is 11.2. The average Bonchev–Trinajstić information content (AvgIpc) is 3.38. The molecule has 4 rings (SSSR count). The second-order valence-electron chi connectivity index (χ2n) is 11.2. The fourth-order valence-corrected chi connectivity index (χ4v) is 5.22. The van der Waals surface area contributed by atoms with Crippen LogP contribution in [0.4, 0.5) is 0 Å². The lowest BCUT2D eigenvalue weighted by atomic mass is 9.85. The van der Waals surface area contributed by atoms with Crippen LogP contribution in [0.2, 0.25) is 0 Å². The Morgan fingerprint density at radius 2 is 2.03 bits per heavy atom. The highest BCUT2D eigenvalue weighted by molar-refractivity contribution is 5.90. The minimum Gasteiger partial charge on any atom is -0.391 e. The van der Waals surface area contributed by atoms with Crippen molar-refractivity contribution in [2.45, 2.75) is 83.0 Å². The van der Waals surface area contributed by atoms with Crippen molar-refractivity contribution < 1.29 is 19.4 Å². The van der Waals surface area contributed by atoms with Crippen molar-refractivity contribution in [3.8, 4) is 0 Å². The molecule has 2 amide bonds. The SMILES string of the molecule is COCCN1CCCC(NC(=O)[C@@H]2C[C@@H](O)CN2C(=O)[C@@H](n2cc(C3CC3)nn2)C(C)(C)C)C1. The van der Waals surface area contributed by atoms with E-state index in [-0.39, 0.29) is 30.8 Å². The molecule has 1 saturated carbocycles. The molecule has 34 heavy (non-hydrogen) atoms. The monoisotopic (exact) mass is 476 g/mol. The predicted molar refractivity (Wildman–Crippen MR) is 126 cm³/mol. The molecule has 2 saturated heterocycles. The first-order chi connectivity index (χ1) is 16.2. The number of methoxy groups -OCH3 is 1. The molecular weight excluding hydrogens is 436 g/mol. The highest BCUT2D eigenvalue weighted by Gasteiger charge is 2.45. The van der Waals surface area contributed by atoms with E-state index >= 15 is 0 Å². The maximum Gasteiger partial charge on any atom is 0.248 e. The Morgan fingerprint density at radius 3 is 2.71 bits per heavy atom. The Morgan fingerprint density at radius 1 is 1.26 bits per heavy atom. The van der Waals surface area contributed by atoms with Crippen LogP contribution in [-0.2, 0) is 14.3 Å². The number of hydrogen-bond donors (Lipinski definition) is 2. The lowest BCUT2D eigenvalue weighted by molar-refractivity contribution is -0.144. The third-order valence-corrected chi connectivity index (χ3v) is 7.17. The van der Waals surface area contributed by atoms with Gasteiger partial charge in [0.2, 0.25) is 11.8 Å². The number of carbonyl (C=O) groups is 2. The van der Waals surface area contributed by atoms with Gasteiger partial charge in [0.15, 0.2) is 0 Å². The van der Waals surface area contributed by atoms with E-state index in [4.69, 9.17) is 4.74 Å². The number of nitrogens with zero attached hydrogens (tertiary/aromatic N) is 5. The molecule has 10 nitrogen and oxygen atoms in total. The zero-order valence-corrected chi connectivity index (χ0v) is 20.9. The molecule has 190 valence electrons. The predicted octanol–water partition coefficient (Wildman–Crippen LogP) is 0.932. The number of hydrogen-bond acceptors (Lipinski definition) is 7. The second kappa shape index (κ2) is 10.3. The third-order valence-electron chi connectivity index (χ3n) is 7.17. The molecule has 2 N–H and O–H groups in total. The highest BCUT2D eigenvalue weighted by Crippen LogP contribution is 2.40. The molecule has 1 aromatic rings. The van der Waals surface area contributed by atoms with Gasteiger partial charge in [-0.15, -0.1) is 5.10 Å². The van der Waals surface area contributed by atoms with Crippen LogP contribution in [0.25, 0.3) is 0 Å². The molecule has 2 aliphatic heterocycles. The summed E-state index contributed by atoms with van der Waals surface area (Å²) < 4.78 is 6.84. The molecule has 3 heterocycles. The minimum absolute atomic E-state index is 0.0302. The lowest BCUT2D eigenvalue weighted by Gasteiger charge is -2.36. The highest BCUT2D eigenvalue weighted by atomic mass is 16.5. The standard InChI is InChI=1S/C24H40N6O4/c1-24(2,3)21(30-15-19(26-27-30)16-7-8-16)23(33)29-14-18(31)12-20(29)22(32)25-17-6-5-9-28(13-17)10-11-34-4/h15-18,20-21,31H,5-14H2,1-4H3,(H,25,32)/t17?,18-,20+,21-/m1/s1. The fraction of sp³-hybridized carbons (Fsp3) is 0.833. The van der Waals surface area contributed by atoms with Gasteiger partial charge in [0.25, 0.3) is 0 Å². The summed E-state index contributed by atoms with van der Waals surface area (Å²) in [5, 5.41) is 22.2. The van der Waals surface area contributed by atoms with Gasteiger partial charge >= 0.3 is 0 Å². The normalized spacial score (nSPS) is 27.1. The van der Waals surface area contributed by atoms with Crippen LogP contribution in [0.5, 0.6) is 0 Å². The number of aliphatic hydroxyl groups excluding tert-OH is 1. The van der Waals surface area contributed by atoms with Crippen molar-refractivity contribution in [3.63, 3.8) is 0 Å². The van der Waals surface area contributed by atoms with Gasteiger partial charge in [-0.25, -0.2) is 4.68 Å². The number of aromatic nitrogens is 3. The molecule has 0 aromatic carbocycles. The van der Waals surface area contributed by atoms with Crippen LogP contribution in [-0.4, -0.2) is 99.8 Å². The molecule has 0 radical (unpaired) electrons. The molecule has 0 spiro atoms. The molecule has 3 fully saturated rings. The Labute approximate surface area is 202 Å². The van der Waals surface area contributed by atoms with Gasteiger partial charge in [-0.3, -0.25) is 14.5 Å². The van der Waals surface area contributed by atoms with E-state index < -0.39 is 23.6 Å². The van der Waals surface area contributed by atoms with Crippen LogP contribution in [0.1, 0.15) is 70.5 Å². The van der Waals surface area contributed by atoms with E-state index in [1.807, 2.05) is 27.0 Å². The first kappa shape index (κ1) is 25.1. The van der Waals surface area contributed by atoms with Gasteiger partial charge in [0, 0.05) is 51.3 Å². The molecule has 1 aromatic heterocycles. The average molecular weight is 477 g/mol. The number of nitrogens with one attached hydrogen (secondary N) is 1. The molecule has 3 aliphatic rings. The third kappa shape index (κ3) is 5.78. The first-order valence-corrected chi connectivity index (χ1v) is 12.6. The smallest absolute Gasteiger partial charge is 0.248 e. The molecule has 1 unspecified atom stereocenters. The molecule has 1 aliphatic carbocycles. The Hall–Kier alpha value is -2.04. The summed E-state index contributed by atoms with van der Waals surface area (Å²) in [6, 6.07) is -1.26. The number of aliphatic hydroxyl groups is 1. The quantitative estimate of drug-likeness (QED) is 0.574. The summed E-state index contributed by atoms with van der Waals surface area (Å²) in [4.78, 5) is 31.0. The molecule has 10 heteroatoms. The summed E-state index contributed by atoms with van der Waals surface area (Å²) >= 11 is 0. The van der Waals surface area contributed by atoms with Gasteiger partial charge in [0.1, 0.15) is 12.1 Å². The zero-order chi connectivity index (χ0) is 24.5. The van der Waals surface area contributed by atoms with Crippen LogP contribution in [0, 0.1) is 5.41 Å². The summed E-state index contributed by atoms with van der Waals surface area (Å²) in [6.45, 7) is 9.39. The number of β-amino-alcohol motifs (C(OH)–C–C–N with tert-alkyl or cyclic N) is 1. The summed E-state index contributed by atoms with van der Waals surface area (Å²) in [5.41, 5.74) is 0.485. The van der Waals surface area contributed by atoms with Gasteiger partial charge in [-0.1, -0.05) is 26.0 Å². The van der Waals surface area contributed by atoms with Crippen molar-refractivity contribution in [2.24, 2.45) is 5.41 Å². The van der Waals surface area contributed by atoms with Gasteiger partial charge in [-0.05, 0) is 37.6 Å². The molecular formula is C24H40N6O4. The van der Waals surface area contributed by atoms with Gasteiger partial charge in [0.05, 0.1) is 18.4 Å². The van der Waals surface area contributed by atoms with Crippen molar-refractivity contribution in [3.05, 3.63) is 11.9 Å². The van der Waals surface area contributed by atoms with Crippen LogP contribution in [0.15, 0.2) is 6.20 Å². The lowest BCUT2D eigenvalue weighted by Crippen LogP contribution is -2.55. The maximum atomic E-state index is 13.8. The van der Waals surface area contributed by atoms with E-state index in [1.165, 1.54) is 0 Å². The van der Waals surface area contributed by atoms with E-state index in [1.54, 1.807) is 16.7 Å². The molecule has 0 bridgehead atoms. The number of ether oxygens (including phenoxy) is 1. The van der Waals surface area contributed by atoms with Gasteiger partial charge < -0.3 is 20.1 Å². The summed E-state index contributed by atoms with van der Waals surface area (Å²) in [7, 11) is 1.69. The zero-order valence-electron chi connectivity index (χ0n) is 20.9. The van der Waals surface area contributed by atoms with Crippen molar-refractivity contribution in [1.82, 2.24) is 30.1 Å². The topological polar surface area (TPSA) is 113 Å².